The number of aliphatic hydroxyl groups is 1. The van der Waals surface area contributed by atoms with Gasteiger partial charge in [0.2, 0.25) is 0 Å². The molecule has 0 fully saturated rings. The van der Waals surface area contributed by atoms with Gasteiger partial charge < -0.3 is 10.4 Å². The Morgan fingerprint density at radius 1 is 1.50 bits per heavy atom. The van der Waals surface area contributed by atoms with Gasteiger partial charge in [0, 0.05) is 12.7 Å². The second kappa shape index (κ2) is 4.80. The molecule has 1 aromatic rings. The summed E-state index contributed by atoms with van der Waals surface area (Å²) in [6.45, 7) is -0.439. The van der Waals surface area contributed by atoms with Crippen LogP contribution in [0.2, 0.25) is 0 Å². The van der Waals surface area contributed by atoms with E-state index in [0.717, 1.165) is 6.07 Å². The van der Waals surface area contributed by atoms with Gasteiger partial charge in [-0.15, -0.1) is 0 Å². The van der Waals surface area contributed by atoms with Crippen LogP contribution in [-0.4, -0.2) is 29.2 Å². The Kier molecular flexibility index (Phi) is 3.70. The van der Waals surface area contributed by atoms with Gasteiger partial charge in [-0.05, 0) is 12.1 Å². The van der Waals surface area contributed by atoms with Gasteiger partial charge in [-0.2, -0.15) is 0 Å². The molecule has 1 rings (SSSR count). The van der Waals surface area contributed by atoms with Crippen LogP contribution >= 0.6 is 0 Å². The van der Waals surface area contributed by atoms with Crippen LogP contribution in [0.25, 0.3) is 0 Å². The summed E-state index contributed by atoms with van der Waals surface area (Å²) in [5.74, 6) is -0.791. The molecule has 0 saturated carbocycles. The van der Waals surface area contributed by atoms with Crippen molar-refractivity contribution < 1.29 is 18.3 Å². The Bertz CT molecular complexity index is 296. The summed E-state index contributed by atoms with van der Waals surface area (Å²) in [6.07, 6.45) is -3.36. The largest absolute Gasteiger partial charge is 0.385 e. The van der Waals surface area contributed by atoms with Crippen LogP contribution in [-0.2, 0) is 0 Å². The fraction of sp³-hybridized carbons (Fsp3) is 0.375. The SMILES string of the molecule is OC(CNc1ncccc1F)C(F)F. The molecular weight excluding hydrogens is 197 g/mol. The van der Waals surface area contributed by atoms with Crippen molar-refractivity contribution in [3.63, 3.8) is 0 Å². The number of nitrogens with one attached hydrogen (secondary N) is 1. The number of hydrogen-bond donors (Lipinski definition) is 2. The van der Waals surface area contributed by atoms with Crippen molar-refractivity contribution in [2.24, 2.45) is 0 Å². The molecule has 14 heavy (non-hydrogen) atoms. The fourth-order valence-electron chi connectivity index (χ4n) is 0.806. The molecule has 0 saturated heterocycles. The van der Waals surface area contributed by atoms with Crippen LogP contribution in [0.4, 0.5) is 19.0 Å². The molecule has 3 nitrogen and oxygen atoms in total. The average molecular weight is 206 g/mol. The molecule has 0 amide bonds. The van der Waals surface area contributed by atoms with E-state index in [1.807, 2.05) is 0 Å². The first-order valence-electron chi connectivity index (χ1n) is 3.92. The molecule has 0 spiro atoms. The van der Waals surface area contributed by atoms with E-state index in [-0.39, 0.29) is 5.82 Å². The zero-order chi connectivity index (χ0) is 10.6. The Labute approximate surface area is 78.6 Å². The van der Waals surface area contributed by atoms with Gasteiger partial charge in [0.05, 0.1) is 0 Å². The average Bonchev–Trinajstić information content (AvgIpc) is 2.16. The number of hydrogen-bond acceptors (Lipinski definition) is 3. The Hall–Kier alpha value is -1.30. The highest BCUT2D eigenvalue weighted by Gasteiger charge is 2.16. The maximum absolute atomic E-state index is 12.8. The van der Waals surface area contributed by atoms with E-state index in [1.54, 1.807) is 0 Å². The molecule has 1 heterocycles. The lowest BCUT2D eigenvalue weighted by molar-refractivity contribution is 0.00377. The molecule has 1 unspecified atom stereocenters. The first-order valence-corrected chi connectivity index (χ1v) is 3.92. The summed E-state index contributed by atoms with van der Waals surface area (Å²) in [5.41, 5.74) is 0. The van der Waals surface area contributed by atoms with Gasteiger partial charge in [0.1, 0.15) is 6.10 Å². The number of pyridine rings is 1. The highest BCUT2D eigenvalue weighted by atomic mass is 19.3. The molecule has 0 aliphatic heterocycles. The van der Waals surface area contributed by atoms with Crippen molar-refractivity contribution >= 4 is 5.82 Å². The van der Waals surface area contributed by atoms with Crippen molar-refractivity contribution in [2.45, 2.75) is 12.5 Å². The summed E-state index contributed by atoms with van der Waals surface area (Å²) in [7, 11) is 0. The molecule has 78 valence electrons. The quantitative estimate of drug-likeness (QED) is 0.779. The number of anilines is 1. The first-order chi connectivity index (χ1) is 6.61. The number of alkyl halides is 2. The smallest absolute Gasteiger partial charge is 0.265 e. The summed E-state index contributed by atoms with van der Waals surface area (Å²) in [5, 5.41) is 11.0. The zero-order valence-electron chi connectivity index (χ0n) is 7.12. The van der Waals surface area contributed by atoms with Gasteiger partial charge >= 0.3 is 0 Å². The van der Waals surface area contributed by atoms with E-state index in [2.05, 4.69) is 10.3 Å². The Balaban J connectivity index is 2.50. The highest BCUT2D eigenvalue weighted by molar-refractivity contribution is 5.35. The standard InChI is InChI=1S/C8H9F3N2O/c9-5-2-1-3-12-8(5)13-4-6(14)7(10)11/h1-3,6-7,14H,4H2,(H,12,13). The minimum Gasteiger partial charge on any atom is -0.385 e. The van der Waals surface area contributed by atoms with Crippen LogP contribution < -0.4 is 5.32 Å². The molecule has 0 bridgehead atoms. The summed E-state index contributed by atoms with van der Waals surface area (Å²) >= 11 is 0. The lowest BCUT2D eigenvalue weighted by Gasteiger charge is -2.11. The number of rotatable bonds is 4. The highest BCUT2D eigenvalue weighted by Crippen LogP contribution is 2.09. The van der Waals surface area contributed by atoms with E-state index >= 15 is 0 Å². The molecule has 0 radical (unpaired) electrons. The van der Waals surface area contributed by atoms with Crippen molar-refractivity contribution in [1.82, 2.24) is 4.98 Å². The lowest BCUT2D eigenvalue weighted by Crippen LogP contribution is -2.27. The first kappa shape index (κ1) is 10.8. The molecule has 2 N–H and O–H groups in total. The summed E-state index contributed by atoms with van der Waals surface area (Å²) < 4.78 is 36.5. The number of aromatic nitrogens is 1. The van der Waals surface area contributed by atoms with E-state index in [9.17, 15) is 13.2 Å². The molecule has 6 heteroatoms. The molecule has 0 aromatic carbocycles. The van der Waals surface area contributed by atoms with E-state index < -0.39 is 24.9 Å². The van der Waals surface area contributed by atoms with E-state index in [0.29, 0.717) is 0 Å². The minimum atomic E-state index is -2.85. The predicted octanol–water partition coefficient (Wildman–Crippen LogP) is 1.26. The molecule has 0 aliphatic rings. The molecule has 1 atom stereocenters. The van der Waals surface area contributed by atoms with Gasteiger partial charge in [-0.1, -0.05) is 0 Å². The van der Waals surface area contributed by atoms with Crippen molar-refractivity contribution in [2.75, 3.05) is 11.9 Å². The van der Waals surface area contributed by atoms with Gasteiger partial charge in [0.15, 0.2) is 11.6 Å². The Morgan fingerprint density at radius 3 is 2.79 bits per heavy atom. The number of halogens is 3. The second-order valence-electron chi connectivity index (χ2n) is 2.62. The topological polar surface area (TPSA) is 45.1 Å². The molecule has 1 aromatic heterocycles. The van der Waals surface area contributed by atoms with Crippen LogP contribution in [0, 0.1) is 5.82 Å². The van der Waals surface area contributed by atoms with Gasteiger partial charge in [0.25, 0.3) is 6.43 Å². The van der Waals surface area contributed by atoms with E-state index in [1.165, 1.54) is 12.3 Å². The molecule has 0 aliphatic carbocycles. The predicted molar refractivity (Wildman–Crippen MR) is 44.7 cm³/mol. The number of nitrogens with zero attached hydrogens (tertiary/aromatic N) is 1. The normalized spacial score (nSPS) is 12.9. The van der Waals surface area contributed by atoms with Crippen molar-refractivity contribution in [3.8, 4) is 0 Å². The Morgan fingerprint density at radius 2 is 2.21 bits per heavy atom. The van der Waals surface area contributed by atoms with Crippen LogP contribution in [0.15, 0.2) is 18.3 Å². The van der Waals surface area contributed by atoms with Crippen LogP contribution in [0.1, 0.15) is 0 Å². The number of aliphatic hydroxyl groups excluding tert-OH is 1. The summed E-state index contributed by atoms with van der Waals surface area (Å²) in [4.78, 5) is 3.57. The maximum Gasteiger partial charge on any atom is 0.265 e. The third kappa shape index (κ3) is 2.88. The van der Waals surface area contributed by atoms with Gasteiger partial charge in [-0.3, -0.25) is 0 Å². The van der Waals surface area contributed by atoms with Crippen LogP contribution in [0.3, 0.4) is 0 Å². The lowest BCUT2D eigenvalue weighted by atomic mass is 10.3. The maximum atomic E-state index is 12.8. The monoisotopic (exact) mass is 206 g/mol. The van der Waals surface area contributed by atoms with E-state index in [4.69, 9.17) is 5.11 Å². The van der Waals surface area contributed by atoms with Crippen molar-refractivity contribution in [1.29, 1.82) is 0 Å². The third-order valence-corrected chi connectivity index (χ3v) is 1.53. The molecular formula is C8H9F3N2O. The minimum absolute atomic E-state index is 0.146. The van der Waals surface area contributed by atoms with Gasteiger partial charge in [-0.25, -0.2) is 18.2 Å². The second-order valence-corrected chi connectivity index (χ2v) is 2.62. The fourth-order valence-corrected chi connectivity index (χ4v) is 0.806. The summed E-state index contributed by atoms with van der Waals surface area (Å²) in [6, 6.07) is 2.52. The van der Waals surface area contributed by atoms with Crippen LogP contribution in [0.5, 0.6) is 0 Å². The van der Waals surface area contributed by atoms with Crippen molar-refractivity contribution in [3.05, 3.63) is 24.1 Å². The zero-order valence-corrected chi connectivity index (χ0v) is 7.12. The third-order valence-electron chi connectivity index (χ3n) is 1.53.